The van der Waals surface area contributed by atoms with E-state index in [2.05, 4.69) is 0 Å². The summed E-state index contributed by atoms with van der Waals surface area (Å²) >= 11 is 0. The second-order valence-corrected chi connectivity index (χ2v) is 4.98. The van der Waals surface area contributed by atoms with Gasteiger partial charge in [-0.3, -0.25) is 4.79 Å². The van der Waals surface area contributed by atoms with Crippen LogP contribution in [0.3, 0.4) is 0 Å². The predicted molar refractivity (Wildman–Crippen MR) is 80.3 cm³/mol. The topological polar surface area (TPSA) is 130 Å². The molecule has 7 nitrogen and oxygen atoms in total. The number of carboxylic acid groups (broad SMARTS) is 1. The minimum absolute atomic E-state index is 0.154. The number of aliphatic carboxylic acids is 1. The third-order valence-corrected chi connectivity index (χ3v) is 2.40. The summed E-state index contributed by atoms with van der Waals surface area (Å²) in [5, 5.41) is 24.9. The molecule has 1 aromatic carbocycles. The minimum Gasteiger partial charge on any atom is -0.508 e. The van der Waals surface area contributed by atoms with Gasteiger partial charge in [-0.25, -0.2) is 4.79 Å². The number of hydrogen-bond acceptors (Lipinski definition) is 6. The van der Waals surface area contributed by atoms with Crippen molar-refractivity contribution in [1.29, 1.82) is 0 Å². The maximum atomic E-state index is 11.4. The van der Waals surface area contributed by atoms with Crippen molar-refractivity contribution in [2.75, 3.05) is 0 Å². The predicted octanol–water partition coefficient (Wildman–Crippen LogP) is 0.665. The number of carbonyl (C=O) groups is 2. The first-order valence-corrected chi connectivity index (χ1v) is 6.78. The number of esters is 1. The van der Waals surface area contributed by atoms with Gasteiger partial charge in [-0.05, 0) is 44.9 Å². The Balaban J connectivity index is 0.000000626. The van der Waals surface area contributed by atoms with Gasteiger partial charge in [0.2, 0.25) is 0 Å². The van der Waals surface area contributed by atoms with Gasteiger partial charge < -0.3 is 25.8 Å². The molecule has 0 saturated heterocycles. The van der Waals surface area contributed by atoms with Gasteiger partial charge in [0.25, 0.3) is 0 Å². The molecule has 7 heteroatoms. The SMILES string of the molecule is CC(C)OC(=O)C(N)Cc1ccc(O)cc1.CC(O)C(=O)O. The highest BCUT2D eigenvalue weighted by atomic mass is 16.5. The molecule has 2 unspecified atom stereocenters. The number of hydrogen-bond donors (Lipinski definition) is 4. The Labute approximate surface area is 129 Å². The first-order chi connectivity index (χ1) is 10.1. The molecule has 0 fully saturated rings. The zero-order valence-electron chi connectivity index (χ0n) is 12.9. The Morgan fingerprint density at radius 1 is 1.18 bits per heavy atom. The highest BCUT2D eigenvalue weighted by Gasteiger charge is 2.16. The van der Waals surface area contributed by atoms with Gasteiger partial charge in [-0.15, -0.1) is 0 Å². The monoisotopic (exact) mass is 313 g/mol. The normalized spacial score (nSPS) is 12.8. The van der Waals surface area contributed by atoms with Crippen LogP contribution in [0.1, 0.15) is 26.3 Å². The average Bonchev–Trinajstić information content (AvgIpc) is 2.41. The summed E-state index contributed by atoms with van der Waals surface area (Å²) < 4.78 is 4.99. The lowest BCUT2D eigenvalue weighted by Gasteiger charge is -2.13. The van der Waals surface area contributed by atoms with E-state index in [9.17, 15) is 9.59 Å². The van der Waals surface area contributed by atoms with Gasteiger partial charge in [0.05, 0.1) is 6.10 Å². The molecule has 0 spiro atoms. The molecule has 1 aromatic rings. The molecule has 1 rings (SSSR count). The van der Waals surface area contributed by atoms with E-state index in [-0.39, 0.29) is 11.9 Å². The molecular formula is C15H23NO6. The second kappa shape index (κ2) is 9.75. The Hall–Kier alpha value is -2.12. The van der Waals surface area contributed by atoms with Crippen molar-refractivity contribution in [2.45, 2.75) is 45.4 Å². The minimum atomic E-state index is -1.23. The molecule has 0 aliphatic rings. The largest absolute Gasteiger partial charge is 0.508 e. The van der Waals surface area contributed by atoms with E-state index >= 15 is 0 Å². The summed E-state index contributed by atoms with van der Waals surface area (Å²) in [7, 11) is 0. The third kappa shape index (κ3) is 8.93. The van der Waals surface area contributed by atoms with Gasteiger partial charge in [0, 0.05) is 0 Å². The van der Waals surface area contributed by atoms with Crippen LogP contribution in [-0.2, 0) is 20.7 Å². The van der Waals surface area contributed by atoms with Crippen LogP contribution in [0, 0.1) is 0 Å². The van der Waals surface area contributed by atoms with E-state index in [0.717, 1.165) is 5.56 Å². The summed E-state index contributed by atoms with van der Waals surface area (Å²) in [5.74, 6) is -1.39. The smallest absolute Gasteiger partial charge is 0.332 e. The molecule has 0 aromatic heterocycles. The lowest BCUT2D eigenvalue weighted by molar-refractivity contribution is -0.149. The number of rotatable bonds is 5. The van der Waals surface area contributed by atoms with E-state index < -0.39 is 24.1 Å². The van der Waals surface area contributed by atoms with Crippen LogP contribution in [0.15, 0.2) is 24.3 Å². The number of phenols is 1. The summed E-state index contributed by atoms with van der Waals surface area (Å²) in [6, 6.07) is 5.94. The van der Waals surface area contributed by atoms with Crippen molar-refractivity contribution in [3.8, 4) is 5.75 Å². The fraction of sp³-hybridized carbons (Fsp3) is 0.467. The van der Waals surface area contributed by atoms with Crippen molar-refractivity contribution in [1.82, 2.24) is 0 Å². The quantitative estimate of drug-likeness (QED) is 0.587. The summed E-state index contributed by atoms with van der Waals surface area (Å²) in [4.78, 5) is 20.9. The highest BCUT2D eigenvalue weighted by Crippen LogP contribution is 2.11. The van der Waals surface area contributed by atoms with Crippen LogP contribution < -0.4 is 5.73 Å². The Morgan fingerprint density at radius 3 is 2.00 bits per heavy atom. The molecule has 5 N–H and O–H groups in total. The summed E-state index contributed by atoms with van der Waals surface area (Å²) in [6.07, 6.45) is -0.977. The lowest BCUT2D eigenvalue weighted by Crippen LogP contribution is -2.35. The number of aromatic hydroxyl groups is 1. The molecule has 2 atom stereocenters. The third-order valence-electron chi connectivity index (χ3n) is 2.40. The number of phenolic OH excluding ortho intramolecular Hbond substituents is 1. The number of carboxylic acids is 1. The first kappa shape index (κ1) is 19.9. The van der Waals surface area contributed by atoms with E-state index in [1.54, 1.807) is 38.1 Å². The van der Waals surface area contributed by atoms with Gasteiger partial charge in [-0.1, -0.05) is 12.1 Å². The van der Waals surface area contributed by atoms with Crippen molar-refractivity contribution < 1.29 is 29.6 Å². The molecule has 124 valence electrons. The maximum absolute atomic E-state index is 11.4. The molecule has 22 heavy (non-hydrogen) atoms. The molecule has 0 saturated carbocycles. The number of carbonyl (C=O) groups excluding carboxylic acids is 1. The number of aliphatic hydroxyl groups is 1. The second-order valence-electron chi connectivity index (χ2n) is 4.98. The number of benzene rings is 1. The molecular weight excluding hydrogens is 290 g/mol. The fourth-order valence-electron chi connectivity index (χ4n) is 1.29. The van der Waals surface area contributed by atoms with Crippen molar-refractivity contribution in [3.05, 3.63) is 29.8 Å². The number of aliphatic hydroxyl groups excluding tert-OH is 1. The standard InChI is InChI=1S/C12H17NO3.C3H6O3/c1-8(2)16-12(15)11(13)7-9-3-5-10(14)6-4-9;1-2(4)3(5)6/h3-6,8,11,14H,7,13H2,1-2H3;2,4H,1H3,(H,5,6). The number of nitrogens with two attached hydrogens (primary N) is 1. The van der Waals surface area contributed by atoms with Gasteiger partial charge >= 0.3 is 11.9 Å². The lowest BCUT2D eigenvalue weighted by atomic mass is 10.1. The Kier molecular flexibility index (Phi) is 8.81. The summed E-state index contributed by atoms with van der Waals surface area (Å²) in [6.45, 7) is 4.76. The van der Waals surface area contributed by atoms with Gasteiger partial charge in [0.1, 0.15) is 17.9 Å². The Bertz CT molecular complexity index is 469. The van der Waals surface area contributed by atoms with Crippen molar-refractivity contribution in [2.24, 2.45) is 5.73 Å². The summed E-state index contributed by atoms with van der Waals surface area (Å²) in [5.41, 5.74) is 6.59. The van der Waals surface area contributed by atoms with Crippen molar-refractivity contribution >= 4 is 11.9 Å². The van der Waals surface area contributed by atoms with E-state index in [1.807, 2.05) is 0 Å². The van der Waals surface area contributed by atoms with Crippen LogP contribution >= 0.6 is 0 Å². The first-order valence-electron chi connectivity index (χ1n) is 6.78. The Morgan fingerprint density at radius 2 is 1.64 bits per heavy atom. The van der Waals surface area contributed by atoms with Crippen molar-refractivity contribution in [3.63, 3.8) is 0 Å². The highest BCUT2D eigenvalue weighted by molar-refractivity contribution is 5.76. The zero-order chi connectivity index (χ0) is 17.3. The van der Waals surface area contributed by atoms with Gasteiger partial charge in [0.15, 0.2) is 0 Å². The van der Waals surface area contributed by atoms with Crippen LogP contribution in [0.2, 0.25) is 0 Å². The van der Waals surface area contributed by atoms with Crippen LogP contribution in [0.25, 0.3) is 0 Å². The van der Waals surface area contributed by atoms with Crippen LogP contribution in [0.4, 0.5) is 0 Å². The molecule has 0 amide bonds. The maximum Gasteiger partial charge on any atom is 0.332 e. The molecule has 0 aliphatic heterocycles. The average molecular weight is 313 g/mol. The molecule has 0 heterocycles. The number of ether oxygens (including phenoxy) is 1. The zero-order valence-corrected chi connectivity index (χ0v) is 12.9. The molecule has 0 aliphatic carbocycles. The fourth-order valence-corrected chi connectivity index (χ4v) is 1.29. The van der Waals surface area contributed by atoms with E-state index in [4.69, 9.17) is 25.8 Å². The van der Waals surface area contributed by atoms with E-state index in [0.29, 0.717) is 6.42 Å². The van der Waals surface area contributed by atoms with E-state index in [1.165, 1.54) is 6.92 Å². The van der Waals surface area contributed by atoms with Gasteiger partial charge in [-0.2, -0.15) is 0 Å². The van der Waals surface area contributed by atoms with Crippen LogP contribution in [0.5, 0.6) is 5.75 Å². The van der Waals surface area contributed by atoms with Crippen LogP contribution in [-0.4, -0.2) is 45.5 Å². The molecule has 0 radical (unpaired) electrons. The molecule has 0 bridgehead atoms.